The van der Waals surface area contributed by atoms with Crippen molar-refractivity contribution in [2.24, 2.45) is 0 Å². The van der Waals surface area contributed by atoms with Crippen molar-refractivity contribution in [2.75, 3.05) is 6.61 Å². The van der Waals surface area contributed by atoms with Crippen LogP contribution in [0.1, 0.15) is 23.1 Å². The van der Waals surface area contributed by atoms with Gasteiger partial charge in [0.15, 0.2) is 11.5 Å². The maximum Gasteiger partial charge on any atom is 0.283 e. The second-order valence-electron chi connectivity index (χ2n) is 6.54. The molecule has 26 heavy (non-hydrogen) atoms. The van der Waals surface area contributed by atoms with Crippen LogP contribution in [0.5, 0.6) is 11.5 Å². The molecule has 1 atom stereocenters. The number of hydrogen-bond donors (Lipinski definition) is 2. The Kier molecular flexibility index (Phi) is 4.48. The molecule has 1 aliphatic heterocycles. The molecule has 2 N–H and O–H groups in total. The van der Waals surface area contributed by atoms with E-state index in [1.807, 2.05) is 12.1 Å². The summed E-state index contributed by atoms with van der Waals surface area (Å²) in [5.41, 5.74) is 8.50. The van der Waals surface area contributed by atoms with Crippen molar-refractivity contribution in [2.45, 2.75) is 31.8 Å². The quantitative estimate of drug-likeness (QED) is 0.825. The van der Waals surface area contributed by atoms with Crippen LogP contribution in [-0.2, 0) is 28.9 Å². The molecule has 0 fully saturated rings. The molecule has 2 aromatic rings. The molecule has 0 saturated carbocycles. The van der Waals surface area contributed by atoms with E-state index in [0.29, 0.717) is 11.5 Å². The largest absolute Gasteiger partial charge is 0.485 e. The number of ether oxygens (including phenoxy) is 2. The fraction of sp³-hybridized carbons (Fsp3) is 0.300. The lowest BCUT2D eigenvalue weighted by Gasteiger charge is -2.25. The van der Waals surface area contributed by atoms with E-state index in [9.17, 15) is 9.59 Å². The molecule has 1 aliphatic carbocycles. The summed E-state index contributed by atoms with van der Waals surface area (Å²) in [5, 5.41) is 0. The van der Waals surface area contributed by atoms with Crippen molar-refractivity contribution in [1.29, 1.82) is 0 Å². The molecule has 6 nitrogen and oxygen atoms in total. The first-order chi connectivity index (χ1) is 12.7. The summed E-state index contributed by atoms with van der Waals surface area (Å²) in [5.74, 6) is 0.413. The summed E-state index contributed by atoms with van der Waals surface area (Å²) in [7, 11) is 0. The Labute approximate surface area is 151 Å². The predicted molar refractivity (Wildman–Crippen MR) is 94.8 cm³/mol. The summed E-state index contributed by atoms with van der Waals surface area (Å²) < 4.78 is 11.1. The van der Waals surface area contributed by atoms with Crippen molar-refractivity contribution in [3.8, 4) is 11.5 Å². The number of amides is 2. The molecule has 1 unspecified atom stereocenters. The van der Waals surface area contributed by atoms with Crippen molar-refractivity contribution >= 4 is 11.8 Å². The van der Waals surface area contributed by atoms with Crippen LogP contribution < -0.4 is 20.3 Å². The molecule has 2 amide bonds. The molecule has 6 heteroatoms. The smallest absolute Gasteiger partial charge is 0.283 e. The van der Waals surface area contributed by atoms with Crippen molar-refractivity contribution in [3.05, 3.63) is 59.2 Å². The van der Waals surface area contributed by atoms with E-state index >= 15 is 0 Å². The number of carbonyl (C=O) groups excluding carboxylic acids is 2. The Bertz CT molecular complexity index is 849. The number of aryl methyl sites for hydroxylation is 2. The topological polar surface area (TPSA) is 76.7 Å². The van der Waals surface area contributed by atoms with E-state index in [-0.39, 0.29) is 18.9 Å². The van der Waals surface area contributed by atoms with Gasteiger partial charge in [0.2, 0.25) is 12.0 Å². The van der Waals surface area contributed by atoms with Crippen LogP contribution in [0.25, 0.3) is 0 Å². The molecule has 1 heterocycles. The normalized spacial score (nSPS) is 17.3. The highest BCUT2D eigenvalue weighted by Gasteiger charge is 2.27. The molecule has 134 valence electrons. The second-order valence-corrected chi connectivity index (χ2v) is 6.54. The minimum atomic E-state index is -0.801. The molecule has 2 aromatic carbocycles. The number of benzene rings is 2. The van der Waals surface area contributed by atoms with E-state index in [1.165, 1.54) is 17.5 Å². The Balaban J connectivity index is 1.28. The van der Waals surface area contributed by atoms with Gasteiger partial charge >= 0.3 is 0 Å². The van der Waals surface area contributed by atoms with Gasteiger partial charge in [-0.3, -0.25) is 20.4 Å². The fourth-order valence-electron chi connectivity index (χ4n) is 3.33. The second kappa shape index (κ2) is 7.07. The van der Waals surface area contributed by atoms with Crippen LogP contribution >= 0.6 is 0 Å². The van der Waals surface area contributed by atoms with Crippen molar-refractivity contribution in [3.63, 3.8) is 0 Å². The molecule has 0 aromatic heterocycles. The lowest BCUT2D eigenvalue weighted by Crippen LogP contribution is -2.51. The first-order valence-corrected chi connectivity index (χ1v) is 8.77. The minimum absolute atomic E-state index is 0.101. The van der Waals surface area contributed by atoms with Crippen LogP contribution in [0.3, 0.4) is 0 Å². The average Bonchev–Trinajstić information content (AvgIpc) is 3.13. The maximum absolute atomic E-state index is 12.2. The van der Waals surface area contributed by atoms with E-state index in [1.54, 1.807) is 18.2 Å². The monoisotopic (exact) mass is 352 g/mol. The van der Waals surface area contributed by atoms with E-state index in [0.717, 1.165) is 18.4 Å². The average molecular weight is 352 g/mol. The molecule has 0 saturated heterocycles. The van der Waals surface area contributed by atoms with Crippen LogP contribution in [0.2, 0.25) is 0 Å². The molecular formula is C20H20N2O4. The predicted octanol–water partition coefficient (Wildman–Crippen LogP) is 1.71. The van der Waals surface area contributed by atoms with Crippen LogP contribution in [0.15, 0.2) is 42.5 Å². The molecular weight excluding hydrogens is 332 g/mol. The summed E-state index contributed by atoms with van der Waals surface area (Å²) in [6.07, 6.45) is 2.78. The number of nitrogens with one attached hydrogen (secondary N) is 2. The van der Waals surface area contributed by atoms with Crippen molar-refractivity contribution < 1.29 is 19.1 Å². The highest BCUT2D eigenvalue weighted by Crippen LogP contribution is 2.30. The van der Waals surface area contributed by atoms with E-state index in [4.69, 9.17) is 9.47 Å². The summed E-state index contributed by atoms with van der Waals surface area (Å²) in [6.45, 7) is 0.101. The van der Waals surface area contributed by atoms with Gasteiger partial charge in [0.25, 0.3) is 5.91 Å². The Hall–Kier alpha value is -3.02. The highest BCUT2D eigenvalue weighted by atomic mass is 16.6. The van der Waals surface area contributed by atoms with E-state index < -0.39 is 12.0 Å². The number of carbonyl (C=O) groups is 2. The number of hydrogen-bond acceptors (Lipinski definition) is 4. The Morgan fingerprint density at radius 1 is 1.00 bits per heavy atom. The zero-order valence-electron chi connectivity index (χ0n) is 14.3. The third kappa shape index (κ3) is 3.49. The first kappa shape index (κ1) is 16.4. The van der Waals surface area contributed by atoms with Crippen LogP contribution in [0.4, 0.5) is 0 Å². The molecule has 0 bridgehead atoms. The van der Waals surface area contributed by atoms with E-state index in [2.05, 4.69) is 23.0 Å². The molecule has 0 radical (unpaired) electrons. The number of fused-ring (bicyclic) bond motifs is 2. The standard InChI is InChI=1S/C20H20N2O4/c23-19(11-13-8-9-14-4-3-5-15(14)10-13)21-22-20(24)18-12-25-16-6-1-2-7-17(16)26-18/h1-2,6-10,18H,3-5,11-12H2,(H,21,23)(H,22,24). The zero-order chi connectivity index (χ0) is 17.9. The molecule has 0 spiro atoms. The maximum atomic E-state index is 12.2. The zero-order valence-corrected chi connectivity index (χ0v) is 14.3. The Morgan fingerprint density at radius 3 is 2.69 bits per heavy atom. The SMILES string of the molecule is O=C(Cc1ccc2c(c1)CCC2)NNC(=O)C1COc2ccccc2O1. The van der Waals surface area contributed by atoms with Gasteiger partial charge in [0, 0.05) is 0 Å². The van der Waals surface area contributed by atoms with Crippen LogP contribution in [-0.4, -0.2) is 24.5 Å². The lowest BCUT2D eigenvalue weighted by atomic mass is 10.0. The minimum Gasteiger partial charge on any atom is -0.485 e. The highest BCUT2D eigenvalue weighted by molar-refractivity contribution is 5.86. The number of hydrazine groups is 1. The summed E-state index contributed by atoms with van der Waals surface area (Å²) >= 11 is 0. The van der Waals surface area contributed by atoms with Gasteiger partial charge in [0.1, 0.15) is 6.61 Å². The fourth-order valence-corrected chi connectivity index (χ4v) is 3.33. The van der Waals surface area contributed by atoms with Gasteiger partial charge in [-0.15, -0.1) is 0 Å². The third-order valence-corrected chi connectivity index (χ3v) is 4.65. The molecule has 4 rings (SSSR count). The van der Waals surface area contributed by atoms with Crippen molar-refractivity contribution in [1.82, 2.24) is 10.9 Å². The van der Waals surface area contributed by atoms with Gasteiger partial charge in [-0.2, -0.15) is 0 Å². The number of para-hydroxylation sites is 2. The van der Waals surface area contributed by atoms with Crippen LogP contribution in [0, 0.1) is 0 Å². The van der Waals surface area contributed by atoms with Gasteiger partial charge in [-0.05, 0) is 48.1 Å². The van der Waals surface area contributed by atoms with Gasteiger partial charge in [0.05, 0.1) is 6.42 Å². The lowest BCUT2D eigenvalue weighted by molar-refractivity contribution is -0.134. The van der Waals surface area contributed by atoms with Gasteiger partial charge in [-0.25, -0.2) is 0 Å². The first-order valence-electron chi connectivity index (χ1n) is 8.77. The summed E-state index contributed by atoms with van der Waals surface area (Å²) in [6, 6.07) is 13.3. The Morgan fingerprint density at radius 2 is 1.81 bits per heavy atom. The summed E-state index contributed by atoms with van der Waals surface area (Å²) in [4.78, 5) is 24.3. The molecule has 2 aliphatic rings. The van der Waals surface area contributed by atoms with Gasteiger partial charge < -0.3 is 9.47 Å². The number of rotatable bonds is 3. The third-order valence-electron chi connectivity index (χ3n) is 4.65. The van der Waals surface area contributed by atoms with Gasteiger partial charge in [-0.1, -0.05) is 30.3 Å².